The van der Waals surface area contributed by atoms with Crippen molar-refractivity contribution in [2.24, 2.45) is 10.7 Å². The predicted octanol–water partition coefficient (Wildman–Crippen LogP) is 3.37. The van der Waals surface area contributed by atoms with Gasteiger partial charge in [-0.3, -0.25) is 0 Å². The number of hydrogen-bond donors (Lipinski definition) is 1. The van der Waals surface area contributed by atoms with Crippen LogP contribution in [0.5, 0.6) is 5.75 Å². The summed E-state index contributed by atoms with van der Waals surface area (Å²) in [5.74, 6) is -0.316. The molecule has 19 heavy (non-hydrogen) atoms. The predicted molar refractivity (Wildman–Crippen MR) is 74.6 cm³/mol. The lowest BCUT2D eigenvalue weighted by Gasteiger charge is -2.03. The molecule has 0 amide bonds. The molecule has 4 nitrogen and oxygen atoms in total. The standard InChI is InChI=1S/C13H13ClFN3O/c1-8(2)13(16)11(15)7-17-9(3)19-10-4-5-12(14)18-6-10/h4-7H,1,3,16H2,2H3/b13-11-,17-7?. The molecule has 6 heteroatoms. The molecule has 0 aliphatic rings. The topological polar surface area (TPSA) is 60.5 Å². The summed E-state index contributed by atoms with van der Waals surface area (Å²) in [5, 5.41) is 0.338. The van der Waals surface area contributed by atoms with E-state index in [1.54, 1.807) is 19.1 Å². The van der Waals surface area contributed by atoms with Crippen LogP contribution < -0.4 is 10.5 Å². The van der Waals surface area contributed by atoms with Gasteiger partial charge in [0.15, 0.2) is 5.83 Å². The van der Waals surface area contributed by atoms with E-state index in [0.717, 1.165) is 6.21 Å². The van der Waals surface area contributed by atoms with Crippen molar-refractivity contribution in [3.8, 4) is 5.75 Å². The molecular formula is C13H13ClFN3O. The molecule has 0 spiro atoms. The van der Waals surface area contributed by atoms with Gasteiger partial charge in [0.1, 0.15) is 10.9 Å². The van der Waals surface area contributed by atoms with E-state index in [-0.39, 0.29) is 11.6 Å². The van der Waals surface area contributed by atoms with Crippen LogP contribution in [0.1, 0.15) is 6.92 Å². The zero-order valence-corrected chi connectivity index (χ0v) is 11.1. The molecule has 1 rings (SSSR count). The second-order valence-corrected chi connectivity index (χ2v) is 4.00. The number of ether oxygens (including phenoxy) is 1. The first-order chi connectivity index (χ1) is 8.90. The minimum absolute atomic E-state index is 0.00575. The monoisotopic (exact) mass is 281 g/mol. The summed E-state index contributed by atoms with van der Waals surface area (Å²) >= 11 is 5.62. The van der Waals surface area contributed by atoms with Crippen LogP contribution in [-0.4, -0.2) is 11.2 Å². The smallest absolute Gasteiger partial charge is 0.212 e. The van der Waals surface area contributed by atoms with Gasteiger partial charge in [0.2, 0.25) is 5.88 Å². The summed E-state index contributed by atoms with van der Waals surface area (Å²) in [6, 6.07) is 3.14. The number of aromatic nitrogens is 1. The van der Waals surface area contributed by atoms with Gasteiger partial charge in [-0.25, -0.2) is 14.4 Å². The fourth-order valence-electron chi connectivity index (χ4n) is 0.987. The van der Waals surface area contributed by atoms with Crippen LogP contribution in [0.3, 0.4) is 0 Å². The number of pyridine rings is 1. The van der Waals surface area contributed by atoms with Gasteiger partial charge < -0.3 is 10.5 Å². The van der Waals surface area contributed by atoms with E-state index in [1.165, 1.54) is 6.20 Å². The van der Waals surface area contributed by atoms with E-state index < -0.39 is 5.83 Å². The maximum atomic E-state index is 13.4. The Kier molecular flexibility index (Phi) is 5.26. The van der Waals surface area contributed by atoms with E-state index in [1.807, 2.05) is 0 Å². The molecule has 0 aliphatic heterocycles. The zero-order chi connectivity index (χ0) is 14.4. The molecule has 0 saturated carbocycles. The molecule has 0 aromatic carbocycles. The molecule has 0 unspecified atom stereocenters. The van der Waals surface area contributed by atoms with Gasteiger partial charge in [0.05, 0.1) is 18.1 Å². The van der Waals surface area contributed by atoms with Crippen LogP contribution in [0.2, 0.25) is 5.15 Å². The molecule has 0 radical (unpaired) electrons. The number of halogens is 2. The van der Waals surface area contributed by atoms with Gasteiger partial charge in [-0.2, -0.15) is 0 Å². The van der Waals surface area contributed by atoms with Gasteiger partial charge in [-0.05, 0) is 31.2 Å². The van der Waals surface area contributed by atoms with Crippen molar-refractivity contribution in [1.29, 1.82) is 0 Å². The van der Waals surface area contributed by atoms with Crippen LogP contribution in [0.15, 0.2) is 59.5 Å². The fraction of sp³-hybridized carbons (Fsp3) is 0.0769. The largest absolute Gasteiger partial charge is 0.438 e. The Labute approximate surface area is 115 Å². The maximum absolute atomic E-state index is 13.4. The van der Waals surface area contributed by atoms with Crippen molar-refractivity contribution in [3.05, 3.63) is 59.6 Å². The Hall–Kier alpha value is -2.14. The average Bonchev–Trinajstić information content (AvgIpc) is 2.37. The number of hydrogen-bond acceptors (Lipinski definition) is 4. The lowest BCUT2D eigenvalue weighted by molar-refractivity contribution is 0.422. The molecule has 100 valence electrons. The van der Waals surface area contributed by atoms with Crippen LogP contribution in [0.25, 0.3) is 0 Å². The van der Waals surface area contributed by atoms with Gasteiger partial charge in [-0.15, -0.1) is 0 Å². The first kappa shape index (κ1) is 14.9. The molecule has 0 saturated heterocycles. The van der Waals surface area contributed by atoms with Crippen LogP contribution >= 0.6 is 11.6 Å². The number of nitrogens with two attached hydrogens (primary N) is 1. The second-order valence-electron chi connectivity index (χ2n) is 3.61. The molecule has 1 heterocycles. The van der Waals surface area contributed by atoms with Crippen molar-refractivity contribution >= 4 is 17.8 Å². The zero-order valence-electron chi connectivity index (χ0n) is 10.4. The molecule has 0 bridgehead atoms. The van der Waals surface area contributed by atoms with E-state index >= 15 is 0 Å². The van der Waals surface area contributed by atoms with Gasteiger partial charge in [0.25, 0.3) is 0 Å². The first-order valence-corrected chi connectivity index (χ1v) is 5.61. The number of allylic oxidation sites excluding steroid dienone is 2. The Balaban J connectivity index is 2.68. The minimum Gasteiger partial charge on any atom is -0.438 e. The Morgan fingerprint density at radius 2 is 2.21 bits per heavy atom. The fourth-order valence-corrected chi connectivity index (χ4v) is 1.10. The van der Waals surface area contributed by atoms with E-state index in [0.29, 0.717) is 16.5 Å². The average molecular weight is 282 g/mol. The molecule has 0 atom stereocenters. The minimum atomic E-state index is -0.702. The highest BCUT2D eigenvalue weighted by molar-refractivity contribution is 6.29. The molecule has 1 aromatic rings. The van der Waals surface area contributed by atoms with E-state index in [2.05, 4.69) is 23.1 Å². The summed E-state index contributed by atoms with van der Waals surface area (Å²) in [7, 11) is 0. The molecule has 0 aliphatic carbocycles. The molecule has 1 aromatic heterocycles. The SMILES string of the molecule is C=C(N=C/C(F)=C(/N)C(=C)C)Oc1ccc(Cl)nc1. The van der Waals surface area contributed by atoms with Gasteiger partial charge in [-0.1, -0.05) is 18.2 Å². The Morgan fingerprint density at radius 3 is 2.74 bits per heavy atom. The third-order valence-electron chi connectivity index (χ3n) is 1.97. The lowest BCUT2D eigenvalue weighted by Crippen LogP contribution is -2.02. The normalized spacial score (nSPS) is 12.2. The highest BCUT2D eigenvalue weighted by Crippen LogP contribution is 2.15. The van der Waals surface area contributed by atoms with Crippen molar-refractivity contribution < 1.29 is 9.13 Å². The van der Waals surface area contributed by atoms with Crippen molar-refractivity contribution in [3.63, 3.8) is 0 Å². The third kappa shape index (κ3) is 4.93. The maximum Gasteiger partial charge on any atom is 0.212 e. The first-order valence-electron chi connectivity index (χ1n) is 5.23. The highest BCUT2D eigenvalue weighted by Gasteiger charge is 2.01. The molecular weight excluding hydrogens is 269 g/mol. The van der Waals surface area contributed by atoms with Crippen LogP contribution in [-0.2, 0) is 0 Å². The van der Waals surface area contributed by atoms with Crippen molar-refractivity contribution in [2.75, 3.05) is 0 Å². The van der Waals surface area contributed by atoms with Crippen molar-refractivity contribution in [2.45, 2.75) is 6.92 Å². The van der Waals surface area contributed by atoms with Gasteiger partial charge in [0, 0.05) is 0 Å². The summed E-state index contributed by atoms with van der Waals surface area (Å²) in [5.41, 5.74) is 5.78. The quantitative estimate of drug-likeness (QED) is 0.389. The molecule has 0 fully saturated rings. The van der Waals surface area contributed by atoms with Crippen LogP contribution in [0.4, 0.5) is 4.39 Å². The third-order valence-corrected chi connectivity index (χ3v) is 2.20. The van der Waals surface area contributed by atoms with Crippen LogP contribution in [0, 0.1) is 0 Å². The summed E-state index contributed by atoms with van der Waals surface area (Å²) < 4.78 is 18.6. The summed E-state index contributed by atoms with van der Waals surface area (Å²) in [6.45, 7) is 8.63. The Bertz CT molecular complexity index is 550. The number of aliphatic imine (C=N–C) groups is 1. The van der Waals surface area contributed by atoms with Crippen molar-refractivity contribution in [1.82, 2.24) is 4.98 Å². The highest BCUT2D eigenvalue weighted by atomic mass is 35.5. The van der Waals surface area contributed by atoms with E-state index in [4.69, 9.17) is 22.1 Å². The molecule has 2 N–H and O–H groups in total. The Morgan fingerprint density at radius 1 is 1.53 bits per heavy atom. The number of nitrogens with zero attached hydrogens (tertiary/aromatic N) is 2. The summed E-state index contributed by atoms with van der Waals surface area (Å²) in [4.78, 5) is 7.50. The lowest BCUT2D eigenvalue weighted by atomic mass is 10.2. The summed E-state index contributed by atoms with van der Waals surface area (Å²) in [6.07, 6.45) is 2.31. The van der Waals surface area contributed by atoms with E-state index in [9.17, 15) is 4.39 Å². The van der Waals surface area contributed by atoms with Gasteiger partial charge >= 0.3 is 0 Å². The number of rotatable bonds is 5. The second kappa shape index (κ2) is 6.70.